The number of aliphatic carboxylic acids is 1. The number of aromatic nitrogens is 3. The van der Waals surface area contributed by atoms with Crippen LogP contribution in [0.15, 0.2) is 41.1 Å². The molecule has 38 heavy (non-hydrogen) atoms. The fourth-order valence-corrected chi connectivity index (χ4v) is 4.74. The molecule has 0 atom stereocenters. The van der Waals surface area contributed by atoms with E-state index in [1.165, 1.54) is 0 Å². The molecule has 0 aromatic carbocycles. The summed E-state index contributed by atoms with van der Waals surface area (Å²) in [6.07, 6.45) is 9.62. The Labute approximate surface area is 231 Å². The van der Waals surface area contributed by atoms with Crippen LogP contribution in [-0.4, -0.2) is 16.8 Å². The van der Waals surface area contributed by atoms with Gasteiger partial charge in [-0.05, 0) is 62.0 Å². The van der Waals surface area contributed by atoms with Gasteiger partial charge in [0, 0.05) is 18.2 Å². The van der Waals surface area contributed by atoms with Gasteiger partial charge in [0.25, 0.3) is 0 Å². The zero-order valence-electron chi connectivity index (χ0n) is 21.7. The number of carboxylic acid groups (broad SMARTS) is 1. The summed E-state index contributed by atoms with van der Waals surface area (Å²) in [5.74, 6) is 0.0206. The zero-order valence-corrected chi connectivity index (χ0v) is 22.8. The summed E-state index contributed by atoms with van der Waals surface area (Å²) < 4.78 is 6.24. The number of ether oxygens (including phenoxy) is 1. The smallest absolute Gasteiger partial charge is 0.658 e. The molecule has 0 fully saturated rings. The maximum absolute atomic E-state index is 11.4. The summed E-state index contributed by atoms with van der Waals surface area (Å²) >= 11 is 0. The molecule has 2 aliphatic rings. The number of allylic oxidation sites excluding steroid dienone is 2. The van der Waals surface area contributed by atoms with Crippen molar-refractivity contribution in [2.24, 2.45) is 4.99 Å². The van der Waals surface area contributed by atoms with Crippen molar-refractivity contribution >= 4 is 42.1 Å². The van der Waals surface area contributed by atoms with Crippen molar-refractivity contribution in [2.45, 2.75) is 40.5 Å². The molecule has 3 aromatic rings. The van der Waals surface area contributed by atoms with Crippen molar-refractivity contribution in [2.75, 3.05) is 0 Å². The van der Waals surface area contributed by atoms with E-state index in [2.05, 4.69) is 13.2 Å². The largest absolute Gasteiger partial charge is 3.00 e. The number of carbonyl (C=O) groups is 1. The molecule has 0 saturated carbocycles. The molecule has 7 nitrogen and oxygen atoms in total. The van der Waals surface area contributed by atoms with Gasteiger partial charge in [0.2, 0.25) is 0 Å². The average Bonchev–Trinajstić information content (AvgIpc) is 3.52. The standard InChI is InChI=1S/C30H28N4O3.Fe/c1-7-20-18(6)29-34-27(20)14-24-17(5)22(9-10-28(35)36)26(32-24)12-19-11-15(3)23(31-19)13-25-16(4)21(8-2)30(33-25)37-29;/h7-8,11-14H,1-2,9-10H2,3-6H3,(H2-2,31,32,33,34,35,36);/q-2;+3/p-1. The SMILES string of the molecule is C=Cc1c2[n-]c(c1C)Oc1[n-]c(c(C)c1C=C)/C=c1\[n-]/c(cc1C)=C\C1=NC(=C2)C(C)=C1CCC(=O)O.[Fe+3]. The van der Waals surface area contributed by atoms with E-state index in [1.807, 2.05) is 52.0 Å². The van der Waals surface area contributed by atoms with E-state index >= 15 is 0 Å². The second-order valence-electron chi connectivity index (χ2n) is 9.25. The van der Waals surface area contributed by atoms with Gasteiger partial charge in [0.15, 0.2) is 0 Å². The minimum absolute atomic E-state index is 0. The third-order valence-electron chi connectivity index (χ3n) is 6.89. The van der Waals surface area contributed by atoms with Gasteiger partial charge in [0.1, 0.15) is 0 Å². The van der Waals surface area contributed by atoms with Crippen LogP contribution in [0, 0.1) is 20.8 Å². The molecule has 2 aliphatic heterocycles. The zero-order chi connectivity index (χ0) is 26.4. The van der Waals surface area contributed by atoms with Crippen LogP contribution in [0.25, 0.3) is 30.4 Å². The van der Waals surface area contributed by atoms with Crippen molar-refractivity contribution in [3.8, 4) is 11.8 Å². The molecule has 1 N–H and O–H groups in total. The number of carboxylic acids is 1. The molecule has 0 amide bonds. The molecule has 8 bridgehead atoms. The van der Waals surface area contributed by atoms with E-state index in [0.29, 0.717) is 29.6 Å². The van der Waals surface area contributed by atoms with Crippen molar-refractivity contribution in [3.05, 3.63) is 86.0 Å². The van der Waals surface area contributed by atoms with Gasteiger partial charge in [-0.2, -0.15) is 0 Å². The molecular formula is C30H27FeN4O3. The minimum atomic E-state index is -0.852. The van der Waals surface area contributed by atoms with Gasteiger partial charge in [-0.3, -0.25) is 4.79 Å². The summed E-state index contributed by atoms with van der Waals surface area (Å²) in [5, 5.41) is 10.9. The van der Waals surface area contributed by atoms with E-state index in [4.69, 9.17) is 24.7 Å². The quantitative estimate of drug-likeness (QED) is 0.482. The Kier molecular flexibility index (Phi) is 7.40. The second-order valence-corrected chi connectivity index (χ2v) is 9.25. The fourth-order valence-electron chi connectivity index (χ4n) is 4.74. The normalized spacial score (nSPS) is 15.8. The van der Waals surface area contributed by atoms with Crippen LogP contribution in [0.4, 0.5) is 0 Å². The average molecular weight is 547 g/mol. The van der Waals surface area contributed by atoms with Crippen molar-refractivity contribution in [1.82, 2.24) is 15.0 Å². The van der Waals surface area contributed by atoms with Crippen molar-refractivity contribution in [1.29, 1.82) is 0 Å². The van der Waals surface area contributed by atoms with Gasteiger partial charge in [-0.1, -0.05) is 60.7 Å². The Balaban J connectivity index is 0.00000336. The van der Waals surface area contributed by atoms with Gasteiger partial charge in [0.05, 0.1) is 11.4 Å². The van der Waals surface area contributed by atoms with Crippen LogP contribution in [0.1, 0.15) is 59.0 Å². The van der Waals surface area contributed by atoms with Crippen LogP contribution >= 0.6 is 0 Å². The predicted octanol–water partition coefficient (Wildman–Crippen LogP) is 4.16. The predicted molar refractivity (Wildman–Crippen MR) is 146 cm³/mol. The first-order chi connectivity index (χ1) is 17.7. The van der Waals surface area contributed by atoms with Crippen LogP contribution in [0.3, 0.4) is 0 Å². The molecule has 3 aromatic heterocycles. The Bertz CT molecular complexity index is 1710. The maximum atomic E-state index is 11.4. The third kappa shape index (κ3) is 4.69. The first kappa shape index (κ1) is 27.0. The minimum Gasteiger partial charge on any atom is -0.658 e. The monoisotopic (exact) mass is 547 g/mol. The summed E-state index contributed by atoms with van der Waals surface area (Å²) in [5.41, 5.74) is 9.07. The fraction of sp³-hybridized carbons (Fsp3) is 0.200. The topological polar surface area (TPSA) is 101 Å². The molecular weight excluding hydrogens is 520 g/mol. The molecule has 0 unspecified atom stereocenters. The van der Waals surface area contributed by atoms with Gasteiger partial charge in [-0.25, -0.2) is 4.99 Å². The molecule has 8 heteroatoms. The summed E-state index contributed by atoms with van der Waals surface area (Å²) in [6, 6.07) is 1.99. The van der Waals surface area contributed by atoms with Crippen molar-refractivity contribution in [3.63, 3.8) is 0 Å². The Morgan fingerprint density at radius 3 is 2.37 bits per heavy atom. The van der Waals surface area contributed by atoms with Gasteiger partial charge in [-0.15, -0.1) is 22.1 Å². The van der Waals surface area contributed by atoms with E-state index in [1.54, 1.807) is 12.2 Å². The van der Waals surface area contributed by atoms with E-state index in [-0.39, 0.29) is 23.5 Å². The summed E-state index contributed by atoms with van der Waals surface area (Å²) in [4.78, 5) is 30.6. The molecule has 5 heterocycles. The number of fused-ring (bicyclic) bond motifs is 7. The second kappa shape index (κ2) is 10.4. The first-order valence-corrected chi connectivity index (χ1v) is 12.0. The Morgan fingerprint density at radius 1 is 0.974 bits per heavy atom. The number of aryl methyl sites for hydroxylation is 1. The molecule has 1 radical (unpaired) electrons. The molecule has 193 valence electrons. The van der Waals surface area contributed by atoms with Crippen molar-refractivity contribution < 1.29 is 31.7 Å². The van der Waals surface area contributed by atoms with E-state index < -0.39 is 5.97 Å². The molecule has 0 spiro atoms. The van der Waals surface area contributed by atoms with Gasteiger partial charge < -0.3 is 24.8 Å². The summed E-state index contributed by atoms with van der Waals surface area (Å²) in [7, 11) is 0. The Hall–Kier alpha value is -4.00. The van der Waals surface area contributed by atoms with Gasteiger partial charge >= 0.3 is 23.0 Å². The van der Waals surface area contributed by atoms with E-state index in [9.17, 15) is 9.90 Å². The molecule has 0 aliphatic carbocycles. The number of hydrogen-bond acceptors (Lipinski definition) is 3. The number of hydrogen-bond donors (Lipinski definition) is 1. The van der Waals surface area contributed by atoms with Crippen LogP contribution < -0.4 is 30.4 Å². The Morgan fingerprint density at radius 2 is 1.68 bits per heavy atom. The molecule has 0 saturated heterocycles. The maximum Gasteiger partial charge on any atom is 3.00 e. The number of nitrogens with zero attached hydrogens (tertiary/aromatic N) is 4. The summed E-state index contributed by atoms with van der Waals surface area (Å²) in [6.45, 7) is 15.8. The number of rotatable bonds is 5. The number of aliphatic imine (C=N–C) groups is 1. The first-order valence-electron chi connectivity index (χ1n) is 12.0. The van der Waals surface area contributed by atoms with Crippen LogP contribution in [0.2, 0.25) is 0 Å². The molecule has 5 rings (SSSR count). The van der Waals surface area contributed by atoms with Crippen LogP contribution in [0.5, 0.6) is 11.8 Å². The van der Waals surface area contributed by atoms with E-state index in [0.717, 1.165) is 61.1 Å². The third-order valence-corrected chi connectivity index (χ3v) is 6.89. The van der Waals surface area contributed by atoms with Crippen LogP contribution in [-0.2, 0) is 21.9 Å².